The maximum atomic E-state index is 11.4. The first-order valence-electron chi connectivity index (χ1n) is 8.46. The molecule has 138 valence electrons. The SMILES string of the molecule is C=C(C)C(=O)OCCOc1ccc2c(c1)C(=C(C#N)C#N)c1ccccc1S2. The summed E-state index contributed by atoms with van der Waals surface area (Å²) in [5.41, 5.74) is 2.62. The largest absolute Gasteiger partial charge is 0.490 e. The van der Waals surface area contributed by atoms with Gasteiger partial charge in [0.2, 0.25) is 0 Å². The van der Waals surface area contributed by atoms with Crippen LogP contribution in [0.3, 0.4) is 0 Å². The van der Waals surface area contributed by atoms with Gasteiger partial charge in [-0.25, -0.2) is 4.79 Å². The molecule has 1 aliphatic heterocycles. The molecule has 0 N–H and O–H groups in total. The molecule has 0 aromatic heterocycles. The van der Waals surface area contributed by atoms with E-state index in [0.29, 0.717) is 16.9 Å². The number of ether oxygens (including phenoxy) is 2. The summed E-state index contributed by atoms with van der Waals surface area (Å²) in [6.45, 7) is 5.39. The van der Waals surface area contributed by atoms with Crippen molar-refractivity contribution in [1.82, 2.24) is 0 Å². The van der Waals surface area contributed by atoms with E-state index in [1.54, 1.807) is 18.7 Å². The molecule has 0 bridgehead atoms. The van der Waals surface area contributed by atoms with Gasteiger partial charge in [-0.2, -0.15) is 10.5 Å². The summed E-state index contributed by atoms with van der Waals surface area (Å²) in [6.07, 6.45) is 0. The topological polar surface area (TPSA) is 83.1 Å². The fraction of sp³-hybridized carbons (Fsp3) is 0.136. The van der Waals surface area contributed by atoms with Crippen LogP contribution in [0.15, 0.2) is 70.0 Å². The third-order valence-corrected chi connectivity index (χ3v) is 5.16. The molecule has 1 heterocycles. The highest BCUT2D eigenvalue weighted by molar-refractivity contribution is 7.99. The Hall–Kier alpha value is -3.48. The molecule has 5 nitrogen and oxygen atoms in total. The summed E-state index contributed by atoms with van der Waals surface area (Å²) in [4.78, 5) is 13.3. The number of fused-ring (bicyclic) bond motifs is 2. The van der Waals surface area contributed by atoms with Gasteiger partial charge < -0.3 is 9.47 Å². The summed E-state index contributed by atoms with van der Waals surface area (Å²) in [5.74, 6) is 0.109. The summed E-state index contributed by atoms with van der Waals surface area (Å²) < 4.78 is 10.7. The normalized spacial score (nSPS) is 11.3. The van der Waals surface area contributed by atoms with E-state index in [1.807, 2.05) is 54.6 Å². The van der Waals surface area contributed by atoms with Gasteiger partial charge in [-0.15, -0.1) is 0 Å². The Morgan fingerprint density at radius 2 is 1.79 bits per heavy atom. The van der Waals surface area contributed by atoms with Crippen molar-refractivity contribution in [2.75, 3.05) is 13.2 Å². The predicted molar refractivity (Wildman–Crippen MR) is 106 cm³/mol. The average molecular weight is 388 g/mol. The predicted octanol–water partition coefficient (Wildman–Crippen LogP) is 4.50. The van der Waals surface area contributed by atoms with Gasteiger partial charge in [-0.1, -0.05) is 36.5 Å². The van der Waals surface area contributed by atoms with Crippen molar-refractivity contribution in [3.63, 3.8) is 0 Å². The highest BCUT2D eigenvalue weighted by Crippen LogP contribution is 2.47. The van der Waals surface area contributed by atoms with Crippen LogP contribution >= 0.6 is 11.8 Å². The van der Waals surface area contributed by atoms with Gasteiger partial charge in [0.15, 0.2) is 0 Å². The highest BCUT2D eigenvalue weighted by Gasteiger charge is 2.24. The van der Waals surface area contributed by atoms with Gasteiger partial charge in [0.05, 0.1) is 0 Å². The monoisotopic (exact) mass is 388 g/mol. The smallest absolute Gasteiger partial charge is 0.333 e. The van der Waals surface area contributed by atoms with Gasteiger partial charge >= 0.3 is 5.97 Å². The van der Waals surface area contributed by atoms with Crippen LogP contribution in [0.2, 0.25) is 0 Å². The van der Waals surface area contributed by atoms with Crippen LogP contribution in [0.5, 0.6) is 5.75 Å². The lowest BCUT2D eigenvalue weighted by Gasteiger charge is -2.22. The zero-order chi connectivity index (χ0) is 20.1. The number of nitriles is 2. The third kappa shape index (κ3) is 3.93. The van der Waals surface area contributed by atoms with E-state index in [4.69, 9.17) is 9.47 Å². The van der Waals surface area contributed by atoms with Crippen LogP contribution in [0, 0.1) is 22.7 Å². The van der Waals surface area contributed by atoms with Crippen LogP contribution in [0.4, 0.5) is 0 Å². The number of esters is 1. The van der Waals surface area contributed by atoms with Crippen molar-refractivity contribution in [3.8, 4) is 17.9 Å². The van der Waals surface area contributed by atoms with Crippen LogP contribution in [0.25, 0.3) is 5.57 Å². The van der Waals surface area contributed by atoms with Crippen LogP contribution in [0.1, 0.15) is 18.1 Å². The lowest BCUT2D eigenvalue weighted by molar-refractivity contribution is -0.139. The molecule has 0 aliphatic carbocycles. The Morgan fingerprint density at radius 1 is 1.07 bits per heavy atom. The molecular formula is C22H16N2O3S. The molecule has 0 amide bonds. The number of rotatable bonds is 5. The number of carbonyl (C=O) groups excluding carboxylic acids is 1. The average Bonchev–Trinajstić information content (AvgIpc) is 2.71. The van der Waals surface area contributed by atoms with E-state index in [-0.39, 0.29) is 18.8 Å². The van der Waals surface area contributed by atoms with Crippen LogP contribution in [-0.2, 0) is 9.53 Å². The van der Waals surface area contributed by atoms with Crippen molar-refractivity contribution in [1.29, 1.82) is 10.5 Å². The Kier molecular flexibility index (Phi) is 5.84. The first kappa shape index (κ1) is 19.3. The van der Waals surface area contributed by atoms with Crippen LogP contribution < -0.4 is 4.74 Å². The fourth-order valence-electron chi connectivity index (χ4n) is 2.73. The van der Waals surface area contributed by atoms with E-state index in [1.165, 1.54) is 0 Å². The summed E-state index contributed by atoms with van der Waals surface area (Å²) in [6, 6.07) is 17.2. The molecule has 0 saturated heterocycles. The first-order valence-corrected chi connectivity index (χ1v) is 9.28. The Bertz CT molecular complexity index is 1060. The standard InChI is InChI=1S/C22H16N2O3S/c1-14(2)22(25)27-10-9-26-16-7-8-20-18(11-16)21(15(12-23)13-24)17-5-3-4-6-19(17)28-20/h3-8,11H,1,9-10H2,2H3. The molecular weight excluding hydrogens is 372 g/mol. The summed E-state index contributed by atoms with van der Waals surface area (Å²) in [5, 5.41) is 18.9. The van der Waals surface area contributed by atoms with Crippen molar-refractivity contribution >= 4 is 23.3 Å². The molecule has 0 unspecified atom stereocenters. The molecule has 0 atom stereocenters. The molecule has 2 aromatic carbocycles. The molecule has 0 radical (unpaired) electrons. The van der Waals surface area contributed by atoms with E-state index in [0.717, 1.165) is 20.9 Å². The van der Waals surface area contributed by atoms with Gasteiger partial charge in [-0.05, 0) is 36.8 Å². The van der Waals surface area contributed by atoms with Gasteiger partial charge in [0.25, 0.3) is 0 Å². The van der Waals surface area contributed by atoms with E-state index in [2.05, 4.69) is 6.58 Å². The van der Waals surface area contributed by atoms with E-state index < -0.39 is 5.97 Å². The summed E-state index contributed by atoms with van der Waals surface area (Å²) >= 11 is 1.58. The second-order valence-corrected chi connectivity index (χ2v) is 7.08. The lowest BCUT2D eigenvalue weighted by atomic mass is 9.93. The molecule has 3 rings (SSSR count). The van der Waals surface area contributed by atoms with E-state index >= 15 is 0 Å². The number of hydrogen-bond donors (Lipinski definition) is 0. The van der Waals surface area contributed by atoms with Gasteiger partial charge in [0, 0.05) is 26.5 Å². The molecule has 0 fully saturated rings. The van der Waals surface area contributed by atoms with Gasteiger partial charge in [0.1, 0.15) is 36.7 Å². The zero-order valence-corrected chi connectivity index (χ0v) is 16.0. The van der Waals surface area contributed by atoms with Crippen molar-refractivity contribution in [2.24, 2.45) is 0 Å². The molecule has 6 heteroatoms. The van der Waals surface area contributed by atoms with Crippen molar-refractivity contribution in [2.45, 2.75) is 16.7 Å². The molecule has 2 aromatic rings. The molecule has 1 aliphatic rings. The highest BCUT2D eigenvalue weighted by atomic mass is 32.2. The summed E-state index contributed by atoms with van der Waals surface area (Å²) in [7, 11) is 0. The van der Waals surface area contributed by atoms with Crippen molar-refractivity contribution < 1.29 is 14.3 Å². The zero-order valence-electron chi connectivity index (χ0n) is 15.2. The minimum Gasteiger partial charge on any atom is -0.490 e. The second-order valence-electron chi connectivity index (χ2n) is 5.99. The molecule has 0 saturated carbocycles. The van der Waals surface area contributed by atoms with Crippen LogP contribution in [-0.4, -0.2) is 19.2 Å². The maximum Gasteiger partial charge on any atom is 0.333 e. The number of nitrogens with zero attached hydrogens (tertiary/aromatic N) is 2. The fourth-order valence-corrected chi connectivity index (χ4v) is 3.80. The lowest BCUT2D eigenvalue weighted by Crippen LogP contribution is -2.12. The first-order chi connectivity index (χ1) is 13.5. The van der Waals surface area contributed by atoms with E-state index in [9.17, 15) is 15.3 Å². The van der Waals surface area contributed by atoms with Gasteiger partial charge in [-0.3, -0.25) is 0 Å². The third-order valence-electron chi connectivity index (χ3n) is 4.00. The Labute approximate surface area is 167 Å². The number of hydrogen-bond acceptors (Lipinski definition) is 6. The minimum atomic E-state index is -0.458. The number of benzene rings is 2. The quantitative estimate of drug-likeness (QED) is 0.277. The second kappa shape index (κ2) is 8.47. The number of allylic oxidation sites excluding steroid dienone is 1. The Morgan fingerprint density at radius 3 is 2.50 bits per heavy atom. The minimum absolute atomic E-state index is 0.0570. The number of carbonyl (C=O) groups is 1. The molecule has 28 heavy (non-hydrogen) atoms. The van der Waals surface area contributed by atoms with Crippen molar-refractivity contribution in [3.05, 3.63) is 71.3 Å². The Balaban J connectivity index is 1.89. The maximum absolute atomic E-state index is 11.4. The molecule has 0 spiro atoms.